The average Bonchev–Trinajstić information content (AvgIpc) is 3.42. The molecule has 2 aliphatic heterocycles. The molecule has 2 saturated heterocycles. The van der Waals surface area contributed by atoms with Crippen LogP contribution >= 0.6 is 18.7 Å². The molecule has 10 heteroatoms. The summed E-state index contributed by atoms with van der Waals surface area (Å²) in [5, 5.41) is 7.90. The Kier molecular flexibility index (Phi) is 8.55. The second kappa shape index (κ2) is 12.3. The largest absolute Gasteiger partial charge is 0.378 e. The van der Waals surface area contributed by atoms with Crippen molar-refractivity contribution >= 4 is 52.9 Å². The number of nitrogens with zero attached hydrogens (tertiary/aromatic N) is 4. The Hall–Kier alpha value is -2.64. The summed E-state index contributed by atoms with van der Waals surface area (Å²) in [4.78, 5) is 14.1. The summed E-state index contributed by atoms with van der Waals surface area (Å²) < 4.78 is 18.8. The number of hydrogen-bond donors (Lipinski definition) is 2. The van der Waals surface area contributed by atoms with Crippen LogP contribution in [0.2, 0.25) is 5.02 Å². The summed E-state index contributed by atoms with van der Waals surface area (Å²) in [7, 11) is -2.60. The van der Waals surface area contributed by atoms with E-state index in [4.69, 9.17) is 21.3 Å². The molecule has 0 saturated carbocycles. The van der Waals surface area contributed by atoms with Gasteiger partial charge in [-0.05, 0) is 106 Å². The third-order valence-electron chi connectivity index (χ3n) is 8.55. The molecule has 218 valence electrons. The molecule has 0 unspecified atom stereocenters. The van der Waals surface area contributed by atoms with Crippen LogP contribution in [0.15, 0.2) is 42.6 Å². The Labute approximate surface area is 248 Å². The van der Waals surface area contributed by atoms with E-state index < -0.39 is 7.14 Å². The van der Waals surface area contributed by atoms with E-state index in [9.17, 15) is 4.57 Å². The zero-order chi connectivity index (χ0) is 28.4. The number of likely N-dealkylation sites (tertiary alicyclic amines) is 1. The van der Waals surface area contributed by atoms with E-state index in [0.29, 0.717) is 36.0 Å². The molecule has 41 heavy (non-hydrogen) atoms. The summed E-state index contributed by atoms with van der Waals surface area (Å²) in [5.41, 5.74) is 5.62. The summed E-state index contributed by atoms with van der Waals surface area (Å²) >= 11 is 6.54. The summed E-state index contributed by atoms with van der Waals surface area (Å²) in [6.45, 7) is 9.11. The zero-order valence-electron chi connectivity index (χ0n) is 24.0. The number of halogens is 1. The lowest BCUT2D eigenvalue weighted by molar-refractivity contribution is 0.122. The lowest BCUT2D eigenvalue weighted by Crippen LogP contribution is -2.36. The van der Waals surface area contributed by atoms with Crippen molar-refractivity contribution in [2.75, 3.05) is 68.3 Å². The van der Waals surface area contributed by atoms with Crippen molar-refractivity contribution in [3.8, 4) is 0 Å². The Morgan fingerprint density at radius 1 is 0.951 bits per heavy atom. The predicted octanol–water partition coefficient (Wildman–Crippen LogP) is 6.05. The van der Waals surface area contributed by atoms with E-state index in [1.807, 2.05) is 18.2 Å². The Morgan fingerprint density at radius 3 is 2.46 bits per heavy atom. The molecule has 0 amide bonds. The van der Waals surface area contributed by atoms with Gasteiger partial charge in [0.2, 0.25) is 5.95 Å². The number of nitrogens with one attached hydrogen (secondary N) is 2. The van der Waals surface area contributed by atoms with Gasteiger partial charge in [0.1, 0.15) is 12.2 Å². The van der Waals surface area contributed by atoms with Crippen LogP contribution in [0.3, 0.4) is 0 Å². The lowest BCUT2D eigenvalue weighted by atomic mass is 10.0. The summed E-state index contributed by atoms with van der Waals surface area (Å²) in [6, 6.07) is 13.3. The van der Waals surface area contributed by atoms with Gasteiger partial charge in [-0.15, -0.1) is 0 Å². The number of anilines is 5. The van der Waals surface area contributed by atoms with Gasteiger partial charge in [-0.2, -0.15) is 4.98 Å². The minimum absolute atomic E-state index is 0.399. The number of ether oxygens (including phenoxy) is 1. The van der Waals surface area contributed by atoms with Crippen molar-refractivity contribution in [1.29, 1.82) is 0 Å². The number of fused-ring (bicyclic) bond motifs is 1. The molecule has 6 rings (SSSR count). The van der Waals surface area contributed by atoms with Gasteiger partial charge < -0.3 is 29.7 Å². The van der Waals surface area contributed by atoms with E-state index >= 15 is 0 Å². The molecule has 3 aliphatic rings. The summed E-state index contributed by atoms with van der Waals surface area (Å²) in [6.07, 6.45) is 8.97. The Bertz CT molecular complexity index is 1430. The van der Waals surface area contributed by atoms with Crippen LogP contribution in [0, 0.1) is 0 Å². The average molecular weight is 595 g/mol. The standard InChI is InChI=1S/C31H40ClN6O2P/c1-41(2,39)29-20-26(38-15-17-40-18-16-38)11-12-28(29)35-30-27(32)21-33-31(36-30)34-24-8-5-22-6-9-25(10-7-23(22)19-24)37-13-3-4-14-37/h5,8,11-12,19-21,25H,3-4,6-7,9-10,13-18H2,1-2H3,(H2,33,34,35,36)/t25-/m0/s1. The van der Waals surface area contributed by atoms with Gasteiger partial charge in [-0.3, -0.25) is 0 Å². The molecule has 0 spiro atoms. The van der Waals surface area contributed by atoms with Gasteiger partial charge in [-0.25, -0.2) is 4.98 Å². The van der Waals surface area contributed by atoms with Crippen LogP contribution < -0.4 is 20.8 Å². The number of aryl methyl sites for hydroxylation is 2. The summed E-state index contributed by atoms with van der Waals surface area (Å²) in [5.74, 6) is 0.935. The number of morpholine rings is 1. The van der Waals surface area contributed by atoms with Crippen molar-refractivity contribution in [1.82, 2.24) is 14.9 Å². The highest BCUT2D eigenvalue weighted by Gasteiger charge is 2.25. The molecular formula is C31H40ClN6O2P. The fourth-order valence-electron chi connectivity index (χ4n) is 6.30. The van der Waals surface area contributed by atoms with Crippen molar-refractivity contribution in [2.45, 2.75) is 44.6 Å². The first kappa shape index (κ1) is 28.5. The fourth-order valence-corrected chi connectivity index (χ4v) is 7.59. The monoisotopic (exact) mass is 594 g/mol. The van der Waals surface area contributed by atoms with Gasteiger partial charge in [0.05, 0.1) is 25.1 Å². The molecule has 2 N–H and O–H groups in total. The third kappa shape index (κ3) is 6.72. The maximum atomic E-state index is 13.3. The first-order chi connectivity index (χ1) is 19.8. The van der Waals surface area contributed by atoms with Crippen LogP contribution in [-0.4, -0.2) is 73.6 Å². The quantitative estimate of drug-likeness (QED) is 0.253. The third-order valence-corrected chi connectivity index (χ3v) is 10.4. The molecule has 3 heterocycles. The van der Waals surface area contributed by atoms with Crippen molar-refractivity contribution in [3.63, 3.8) is 0 Å². The molecule has 0 bridgehead atoms. The van der Waals surface area contributed by atoms with Gasteiger partial charge in [0, 0.05) is 35.8 Å². The topological polar surface area (TPSA) is 82.6 Å². The number of rotatable bonds is 7. The van der Waals surface area contributed by atoms with E-state index in [-0.39, 0.29) is 0 Å². The molecule has 1 aromatic heterocycles. The highest BCUT2D eigenvalue weighted by Crippen LogP contribution is 2.40. The van der Waals surface area contributed by atoms with Gasteiger partial charge >= 0.3 is 0 Å². The van der Waals surface area contributed by atoms with E-state index in [1.54, 1.807) is 19.5 Å². The second-order valence-electron chi connectivity index (χ2n) is 11.7. The fraction of sp³-hybridized carbons (Fsp3) is 0.484. The smallest absolute Gasteiger partial charge is 0.229 e. The minimum Gasteiger partial charge on any atom is -0.378 e. The first-order valence-corrected chi connectivity index (χ1v) is 17.8. The van der Waals surface area contributed by atoms with Crippen LogP contribution in [0.5, 0.6) is 0 Å². The molecule has 0 radical (unpaired) electrons. The predicted molar refractivity (Wildman–Crippen MR) is 170 cm³/mol. The van der Waals surface area contributed by atoms with Crippen molar-refractivity contribution in [2.24, 2.45) is 0 Å². The van der Waals surface area contributed by atoms with E-state index in [1.165, 1.54) is 49.9 Å². The number of aromatic nitrogens is 2. The lowest BCUT2D eigenvalue weighted by Gasteiger charge is -2.30. The van der Waals surface area contributed by atoms with Gasteiger partial charge in [0.25, 0.3) is 0 Å². The molecule has 2 fully saturated rings. The van der Waals surface area contributed by atoms with Crippen LogP contribution in [-0.2, 0) is 22.1 Å². The second-order valence-corrected chi connectivity index (χ2v) is 15.3. The molecule has 1 atom stereocenters. The Balaban J connectivity index is 1.19. The maximum Gasteiger partial charge on any atom is 0.229 e. The van der Waals surface area contributed by atoms with Crippen LogP contribution in [0.4, 0.5) is 28.8 Å². The molecule has 3 aromatic rings. The molecule has 1 aliphatic carbocycles. The molecular weight excluding hydrogens is 555 g/mol. The van der Waals surface area contributed by atoms with E-state index in [2.05, 4.69) is 43.6 Å². The minimum atomic E-state index is -2.60. The van der Waals surface area contributed by atoms with Crippen molar-refractivity contribution in [3.05, 3.63) is 58.7 Å². The molecule has 2 aromatic carbocycles. The number of benzene rings is 2. The highest BCUT2D eigenvalue weighted by molar-refractivity contribution is 7.70. The molecule has 8 nitrogen and oxygen atoms in total. The first-order valence-electron chi connectivity index (χ1n) is 14.8. The SMILES string of the molecule is CP(C)(=O)c1cc(N2CCOCC2)ccc1Nc1nc(Nc2ccc3c(c2)CC[C@@H](N2CCCC2)CC3)ncc1Cl. The van der Waals surface area contributed by atoms with E-state index in [0.717, 1.165) is 48.3 Å². The maximum absolute atomic E-state index is 13.3. The number of hydrogen-bond acceptors (Lipinski definition) is 8. The highest BCUT2D eigenvalue weighted by atomic mass is 35.5. The van der Waals surface area contributed by atoms with Gasteiger partial charge in [0.15, 0.2) is 5.82 Å². The van der Waals surface area contributed by atoms with Crippen LogP contribution in [0.1, 0.15) is 36.8 Å². The van der Waals surface area contributed by atoms with Gasteiger partial charge in [-0.1, -0.05) is 17.7 Å². The zero-order valence-corrected chi connectivity index (χ0v) is 25.7. The van der Waals surface area contributed by atoms with Crippen molar-refractivity contribution < 1.29 is 9.30 Å². The Morgan fingerprint density at radius 2 is 1.71 bits per heavy atom. The van der Waals surface area contributed by atoms with Crippen LogP contribution in [0.25, 0.3) is 0 Å². The normalized spacial score (nSPS) is 20.0.